The highest BCUT2D eigenvalue weighted by molar-refractivity contribution is 5.88. The lowest BCUT2D eigenvalue weighted by molar-refractivity contribution is -0.121. The van der Waals surface area contributed by atoms with Gasteiger partial charge in [0, 0.05) is 12.8 Å². The fraction of sp³-hybridized carbons (Fsp3) is 0.429. The van der Waals surface area contributed by atoms with Gasteiger partial charge in [-0.3, -0.25) is 4.79 Å². The maximum absolute atomic E-state index is 11.2. The first-order valence-electron chi connectivity index (χ1n) is 6.20. The van der Waals surface area contributed by atoms with E-state index in [-0.39, 0.29) is 17.5 Å². The van der Waals surface area contributed by atoms with E-state index in [4.69, 9.17) is 14.6 Å². The van der Waals surface area contributed by atoms with Crippen LogP contribution in [0, 0.1) is 0 Å². The van der Waals surface area contributed by atoms with Gasteiger partial charge in [-0.15, -0.1) is 0 Å². The van der Waals surface area contributed by atoms with Gasteiger partial charge in [0.15, 0.2) is 11.5 Å². The minimum atomic E-state index is -1.01. The minimum Gasteiger partial charge on any atom is -0.493 e. The molecule has 0 aliphatic heterocycles. The third kappa shape index (κ3) is 3.24. The predicted octanol–water partition coefficient (Wildman–Crippen LogP) is 2.28. The first-order valence-corrected chi connectivity index (χ1v) is 6.20. The number of hydrogen-bond acceptors (Lipinski definition) is 4. The van der Waals surface area contributed by atoms with Gasteiger partial charge in [0.05, 0.1) is 18.8 Å². The lowest BCUT2D eigenvalue weighted by Gasteiger charge is -2.23. The second kappa shape index (κ2) is 5.73. The number of benzene rings is 1. The quantitative estimate of drug-likeness (QED) is 0.903. The molecule has 5 nitrogen and oxygen atoms in total. The number of aromatic carboxylic acids is 1. The third-order valence-electron chi connectivity index (χ3n) is 3.19. The second-order valence-corrected chi connectivity index (χ2v) is 4.53. The Kier molecular flexibility index (Phi) is 4.04. The van der Waals surface area contributed by atoms with Crippen LogP contribution in [0.25, 0.3) is 0 Å². The number of carboxylic acid groups (broad SMARTS) is 1. The Balaban J connectivity index is 2.11. The van der Waals surface area contributed by atoms with E-state index in [2.05, 4.69) is 0 Å². The maximum Gasteiger partial charge on any atom is 0.335 e. The summed E-state index contributed by atoms with van der Waals surface area (Å²) in [5, 5.41) is 8.91. The van der Waals surface area contributed by atoms with Crippen LogP contribution in [0.3, 0.4) is 0 Å². The molecule has 102 valence electrons. The molecular weight excluding hydrogens is 248 g/mol. The summed E-state index contributed by atoms with van der Waals surface area (Å²) in [6.07, 6.45) is 2.47. The van der Waals surface area contributed by atoms with E-state index in [0.29, 0.717) is 37.2 Å². The van der Waals surface area contributed by atoms with Crippen molar-refractivity contribution in [1.29, 1.82) is 0 Å². The fourth-order valence-electron chi connectivity index (χ4n) is 2.11. The molecule has 1 fully saturated rings. The molecule has 19 heavy (non-hydrogen) atoms. The van der Waals surface area contributed by atoms with Crippen molar-refractivity contribution in [2.24, 2.45) is 0 Å². The van der Waals surface area contributed by atoms with Crippen LogP contribution in [0.1, 0.15) is 36.0 Å². The van der Waals surface area contributed by atoms with Crippen LogP contribution in [0.2, 0.25) is 0 Å². The van der Waals surface area contributed by atoms with E-state index >= 15 is 0 Å². The predicted molar refractivity (Wildman–Crippen MR) is 67.8 cm³/mol. The Labute approximate surface area is 111 Å². The molecule has 1 aromatic rings. The molecule has 0 amide bonds. The van der Waals surface area contributed by atoms with Gasteiger partial charge in [-0.05, 0) is 31.0 Å². The third-order valence-corrected chi connectivity index (χ3v) is 3.19. The Morgan fingerprint density at radius 3 is 2.53 bits per heavy atom. The van der Waals surface area contributed by atoms with Gasteiger partial charge in [-0.2, -0.15) is 0 Å². The molecule has 0 unspecified atom stereocenters. The Morgan fingerprint density at radius 1 is 1.26 bits per heavy atom. The average Bonchev–Trinajstić information content (AvgIpc) is 2.41. The normalized spacial score (nSPS) is 16.2. The van der Waals surface area contributed by atoms with Gasteiger partial charge in [0.2, 0.25) is 0 Å². The molecule has 0 bridgehead atoms. The van der Waals surface area contributed by atoms with E-state index in [1.54, 1.807) is 6.07 Å². The summed E-state index contributed by atoms with van der Waals surface area (Å²) in [5.74, 6) is 0.185. The lowest BCUT2D eigenvalue weighted by atomic mass is 9.96. The largest absolute Gasteiger partial charge is 0.493 e. The van der Waals surface area contributed by atoms with E-state index in [9.17, 15) is 9.59 Å². The number of rotatable bonds is 4. The lowest BCUT2D eigenvalue weighted by Crippen LogP contribution is -2.24. The summed E-state index contributed by atoms with van der Waals surface area (Å²) >= 11 is 0. The monoisotopic (exact) mass is 264 g/mol. The van der Waals surface area contributed by atoms with Crippen LogP contribution in [-0.4, -0.2) is 30.1 Å². The molecule has 0 spiro atoms. The average molecular weight is 264 g/mol. The molecule has 0 atom stereocenters. The van der Waals surface area contributed by atoms with Gasteiger partial charge in [0.1, 0.15) is 5.78 Å². The van der Waals surface area contributed by atoms with E-state index in [1.165, 1.54) is 19.2 Å². The van der Waals surface area contributed by atoms with Crippen molar-refractivity contribution in [2.75, 3.05) is 7.11 Å². The Hall–Kier alpha value is -2.04. The van der Waals surface area contributed by atoms with Crippen molar-refractivity contribution >= 4 is 11.8 Å². The highest BCUT2D eigenvalue weighted by atomic mass is 16.5. The number of carbonyl (C=O) groups excluding carboxylic acids is 1. The standard InChI is InChI=1S/C14H16O5/c1-18-13-8-9(14(16)17)2-7-12(13)19-11-5-3-10(15)4-6-11/h2,7-8,11H,3-6H2,1H3,(H,16,17). The molecule has 0 heterocycles. The zero-order chi connectivity index (χ0) is 13.8. The van der Waals surface area contributed by atoms with Crippen LogP contribution in [0.4, 0.5) is 0 Å². The first-order chi connectivity index (χ1) is 9.10. The molecule has 1 N–H and O–H groups in total. The zero-order valence-corrected chi connectivity index (χ0v) is 10.7. The van der Waals surface area contributed by atoms with Crippen LogP contribution in [0.15, 0.2) is 18.2 Å². The molecule has 2 rings (SSSR count). The van der Waals surface area contributed by atoms with E-state index in [0.717, 1.165) is 0 Å². The molecular formula is C14H16O5. The number of ether oxygens (including phenoxy) is 2. The Bertz CT molecular complexity index is 485. The number of carboxylic acids is 1. The number of ketones is 1. The number of hydrogen-bond donors (Lipinski definition) is 1. The van der Waals surface area contributed by atoms with Crippen molar-refractivity contribution in [3.05, 3.63) is 23.8 Å². The van der Waals surface area contributed by atoms with Crippen molar-refractivity contribution < 1.29 is 24.2 Å². The highest BCUT2D eigenvalue weighted by Crippen LogP contribution is 2.31. The second-order valence-electron chi connectivity index (χ2n) is 4.53. The van der Waals surface area contributed by atoms with E-state index < -0.39 is 5.97 Å². The molecule has 5 heteroatoms. The first kappa shape index (κ1) is 13.4. The van der Waals surface area contributed by atoms with Crippen LogP contribution >= 0.6 is 0 Å². The Morgan fingerprint density at radius 2 is 1.95 bits per heavy atom. The number of methoxy groups -OCH3 is 1. The van der Waals surface area contributed by atoms with Crippen molar-refractivity contribution in [2.45, 2.75) is 31.8 Å². The van der Waals surface area contributed by atoms with Gasteiger partial charge in [-0.25, -0.2) is 4.79 Å². The summed E-state index contributed by atoms with van der Waals surface area (Å²) in [7, 11) is 1.47. The van der Waals surface area contributed by atoms with Crippen molar-refractivity contribution in [3.63, 3.8) is 0 Å². The molecule has 0 radical (unpaired) electrons. The summed E-state index contributed by atoms with van der Waals surface area (Å²) in [4.78, 5) is 22.0. The summed E-state index contributed by atoms with van der Waals surface area (Å²) < 4.78 is 10.9. The molecule has 1 aromatic carbocycles. The molecule has 1 aliphatic carbocycles. The number of Topliss-reactive ketones (excluding diaryl/α,β-unsaturated/α-hetero) is 1. The summed E-state index contributed by atoms with van der Waals surface area (Å²) in [6, 6.07) is 4.51. The van der Waals surface area contributed by atoms with Crippen molar-refractivity contribution in [1.82, 2.24) is 0 Å². The van der Waals surface area contributed by atoms with Gasteiger partial charge < -0.3 is 14.6 Å². The van der Waals surface area contributed by atoms with Crippen LogP contribution < -0.4 is 9.47 Å². The SMILES string of the molecule is COc1cc(C(=O)O)ccc1OC1CCC(=O)CC1. The highest BCUT2D eigenvalue weighted by Gasteiger charge is 2.21. The molecule has 0 aromatic heterocycles. The van der Waals surface area contributed by atoms with E-state index in [1.807, 2.05) is 0 Å². The van der Waals surface area contributed by atoms with Gasteiger partial charge >= 0.3 is 5.97 Å². The fourth-order valence-corrected chi connectivity index (χ4v) is 2.11. The van der Waals surface area contributed by atoms with Crippen LogP contribution in [-0.2, 0) is 4.79 Å². The molecule has 1 saturated carbocycles. The van der Waals surface area contributed by atoms with Gasteiger partial charge in [0.25, 0.3) is 0 Å². The molecule has 0 saturated heterocycles. The smallest absolute Gasteiger partial charge is 0.335 e. The van der Waals surface area contributed by atoms with Crippen LogP contribution in [0.5, 0.6) is 11.5 Å². The summed E-state index contributed by atoms with van der Waals surface area (Å²) in [5.41, 5.74) is 0.156. The topological polar surface area (TPSA) is 72.8 Å². The van der Waals surface area contributed by atoms with Gasteiger partial charge in [-0.1, -0.05) is 0 Å². The number of carbonyl (C=O) groups is 2. The minimum absolute atomic E-state index is 0.0118. The van der Waals surface area contributed by atoms with Crippen molar-refractivity contribution in [3.8, 4) is 11.5 Å². The zero-order valence-electron chi connectivity index (χ0n) is 10.7. The summed E-state index contributed by atoms with van der Waals surface area (Å²) in [6.45, 7) is 0. The molecule has 1 aliphatic rings. The maximum atomic E-state index is 11.2.